The summed E-state index contributed by atoms with van der Waals surface area (Å²) in [5, 5.41) is 3.75. The lowest BCUT2D eigenvalue weighted by molar-refractivity contribution is 0.959. The van der Waals surface area contributed by atoms with Crippen LogP contribution in [0.25, 0.3) is 21.3 Å². The zero-order chi connectivity index (χ0) is 17.2. The first kappa shape index (κ1) is 16.3. The number of benzene rings is 1. The summed E-state index contributed by atoms with van der Waals surface area (Å²) in [5.74, 6) is 1.09. The van der Waals surface area contributed by atoms with E-state index in [-0.39, 0.29) is 5.56 Å². The van der Waals surface area contributed by atoms with Gasteiger partial charge in [0.2, 0.25) is 0 Å². The highest BCUT2D eigenvalue weighted by Crippen LogP contribution is 2.35. The highest BCUT2D eigenvalue weighted by atomic mass is 35.5. The van der Waals surface area contributed by atoms with Gasteiger partial charge in [0.1, 0.15) is 10.7 Å². The molecule has 0 fully saturated rings. The van der Waals surface area contributed by atoms with Gasteiger partial charge < -0.3 is 4.98 Å². The molecule has 3 heterocycles. The van der Waals surface area contributed by atoms with Gasteiger partial charge in [-0.3, -0.25) is 4.79 Å². The molecule has 0 amide bonds. The number of hydrogen-bond donors (Lipinski definition) is 1. The van der Waals surface area contributed by atoms with E-state index in [0.717, 1.165) is 11.1 Å². The smallest absolute Gasteiger partial charge is 0.260 e. The van der Waals surface area contributed by atoms with Crippen molar-refractivity contribution in [1.82, 2.24) is 19.9 Å². The number of aromatic nitrogens is 4. The quantitative estimate of drug-likeness (QED) is 0.416. The number of H-pyrrole nitrogens is 1. The van der Waals surface area contributed by atoms with Crippen LogP contribution in [-0.4, -0.2) is 19.9 Å². The normalized spacial score (nSPS) is 11.1. The standard InChI is InChI=1S/C17H11ClN4OS2/c18-12-5-2-1-4-10(12)11-8-24-16-14(11)15(23)21-13(22-16)9-25-17-19-6-3-7-20-17/h1-8H,9H2,(H,21,22,23). The van der Waals surface area contributed by atoms with Crippen molar-refractivity contribution in [2.45, 2.75) is 10.9 Å². The van der Waals surface area contributed by atoms with Crippen LogP contribution < -0.4 is 5.56 Å². The largest absolute Gasteiger partial charge is 0.309 e. The maximum absolute atomic E-state index is 12.6. The van der Waals surface area contributed by atoms with Crippen molar-refractivity contribution < 1.29 is 0 Å². The third-order valence-corrected chi connectivity index (χ3v) is 5.63. The van der Waals surface area contributed by atoms with Crippen LogP contribution in [0.3, 0.4) is 0 Å². The van der Waals surface area contributed by atoms with Crippen molar-refractivity contribution in [3.63, 3.8) is 0 Å². The van der Waals surface area contributed by atoms with E-state index in [1.54, 1.807) is 18.5 Å². The fraction of sp³-hybridized carbons (Fsp3) is 0.0588. The second-order valence-corrected chi connectivity index (χ2v) is 7.35. The predicted molar refractivity (Wildman–Crippen MR) is 102 cm³/mol. The van der Waals surface area contributed by atoms with Gasteiger partial charge in [-0.25, -0.2) is 15.0 Å². The van der Waals surface area contributed by atoms with Gasteiger partial charge >= 0.3 is 0 Å². The zero-order valence-electron chi connectivity index (χ0n) is 12.8. The number of aromatic amines is 1. The van der Waals surface area contributed by atoms with E-state index in [1.807, 2.05) is 29.6 Å². The molecule has 124 valence electrons. The lowest BCUT2D eigenvalue weighted by atomic mass is 10.1. The van der Waals surface area contributed by atoms with Crippen molar-refractivity contribution in [2.75, 3.05) is 0 Å². The van der Waals surface area contributed by atoms with E-state index >= 15 is 0 Å². The van der Waals surface area contributed by atoms with E-state index in [9.17, 15) is 4.79 Å². The van der Waals surface area contributed by atoms with Crippen LogP contribution in [0.4, 0.5) is 0 Å². The van der Waals surface area contributed by atoms with E-state index < -0.39 is 0 Å². The summed E-state index contributed by atoms with van der Waals surface area (Å²) >= 11 is 9.13. The van der Waals surface area contributed by atoms with E-state index in [2.05, 4.69) is 19.9 Å². The molecule has 1 N–H and O–H groups in total. The first-order chi connectivity index (χ1) is 12.2. The minimum Gasteiger partial charge on any atom is -0.309 e. The Morgan fingerprint density at radius 2 is 1.92 bits per heavy atom. The molecule has 0 saturated carbocycles. The summed E-state index contributed by atoms with van der Waals surface area (Å²) in [7, 11) is 0. The molecule has 0 aliphatic rings. The van der Waals surface area contributed by atoms with Gasteiger partial charge in [-0.05, 0) is 12.1 Å². The number of halogens is 1. The molecule has 5 nitrogen and oxygen atoms in total. The SMILES string of the molecule is O=c1[nH]c(CSc2ncccn2)nc2scc(-c3ccccc3Cl)c12. The Morgan fingerprint density at radius 3 is 2.72 bits per heavy atom. The molecule has 0 aliphatic heterocycles. The van der Waals surface area contributed by atoms with Gasteiger partial charge in [-0.2, -0.15) is 0 Å². The lowest BCUT2D eigenvalue weighted by Gasteiger charge is -2.03. The summed E-state index contributed by atoms with van der Waals surface area (Å²) < 4.78 is 0. The topological polar surface area (TPSA) is 71.5 Å². The van der Waals surface area contributed by atoms with Crippen LogP contribution in [0.2, 0.25) is 5.02 Å². The number of rotatable bonds is 4. The number of hydrogen-bond acceptors (Lipinski definition) is 6. The molecule has 0 spiro atoms. The van der Waals surface area contributed by atoms with Gasteiger partial charge in [-0.15, -0.1) is 11.3 Å². The van der Waals surface area contributed by atoms with Crippen molar-refractivity contribution in [3.05, 3.63) is 69.3 Å². The molecule has 0 aliphatic carbocycles. The van der Waals surface area contributed by atoms with Gasteiger partial charge in [-0.1, -0.05) is 41.6 Å². The molecule has 0 saturated heterocycles. The van der Waals surface area contributed by atoms with Crippen LogP contribution in [0.1, 0.15) is 5.82 Å². The number of thiophene rings is 1. The highest BCUT2D eigenvalue weighted by molar-refractivity contribution is 7.98. The molecule has 8 heteroatoms. The first-order valence-electron chi connectivity index (χ1n) is 7.37. The lowest BCUT2D eigenvalue weighted by Crippen LogP contribution is -2.10. The van der Waals surface area contributed by atoms with Crippen LogP contribution in [0, 0.1) is 0 Å². The summed E-state index contributed by atoms with van der Waals surface area (Å²) in [6, 6.07) is 9.24. The van der Waals surface area contributed by atoms with Crippen molar-refractivity contribution in [1.29, 1.82) is 0 Å². The minimum atomic E-state index is -0.161. The Morgan fingerprint density at radius 1 is 1.12 bits per heavy atom. The van der Waals surface area contributed by atoms with Crippen LogP contribution in [-0.2, 0) is 5.75 Å². The van der Waals surface area contributed by atoms with Crippen LogP contribution in [0.15, 0.2) is 58.1 Å². The predicted octanol–water partition coefficient (Wildman–Crippen LogP) is 4.39. The number of fused-ring (bicyclic) bond motifs is 1. The Kier molecular flexibility index (Phi) is 4.52. The molecule has 0 atom stereocenters. The van der Waals surface area contributed by atoms with Crippen LogP contribution in [0.5, 0.6) is 0 Å². The van der Waals surface area contributed by atoms with Crippen molar-refractivity contribution >= 4 is 44.9 Å². The molecule has 4 rings (SSSR count). The van der Waals surface area contributed by atoms with Crippen molar-refractivity contribution in [3.8, 4) is 11.1 Å². The Hall–Kier alpha value is -2.22. The molecular weight excluding hydrogens is 376 g/mol. The molecule has 0 radical (unpaired) electrons. The summed E-state index contributed by atoms with van der Waals surface area (Å²) in [5.41, 5.74) is 1.48. The molecule has 0 bridgehead atoms. The highest BCUT2D eigenvalue weighted by Gasteiger charge is 2.15. The maximum Gasteiger partial charge on any atom is 0.260 e. The Bertz CT molecular complexity index is 1090. The van der Waals surface area contributed by atoms with Crippen molar-refractivity contribution in [2.24, 2.45) is 0 Å². The summed E-state index contributed by atoms with van der Waals surface area (Å²) in [6.45, 7) is 0. The molecule has 1 aromatic carbocycles. The van der Waals surface area contributed by atoms with Crippen LogP contribution >= 0.6 is 34.7 Å². The maximum atomic E-state index is 12.6. The number of nitrogens with zero attached hydrogens (tertiary/aromatic N) is 3. The molecular formula is C17H11ClN4OS2. The second kappa shape index (κ2) is 6.95. The van der Waals surface area contributed by atoms with E-state index in [1.165, 1.54) is 23.1 Å². The fourth-order valence-electron chi connectivity index (χ4n) is 2.43. The Balaban J connectivity index is 1.70. The monoisotopic (exact) mass is 386 g/mol. The molecule has 0 unspecified atom stereocenters. The number of nitrogens with one attached hydrogen (secondary N) is 1. The number of thioether (sulfide) groups is 1. The third-order valence-electron chi connectivity index (χ3n) is 3.54. The van der Waals surface area contributed by atoms with Gasteiger partial charge in [0, 0.05) is 33.9 Å². The summed E-state index contributed by atoms with van der Waals surface area (Å²) in [6.07, 6.45) is 3.37. The average molecular weight is 387 g/mol. The third kappa shape index (κ3) is 3.30. The van der Waals surface area contributed by atoms with Gasteiger partial charge in [0.05, 0.1) is 11.1 Å². The second-order valence-electron chi connectivity index (χ2n) is 5.14. The fourth-order valence-corrected chi connectivity index (χ4v) is 4.30. The zero-order valence-corrected chi connectivity index (χ0v) is 15.2. The molecule has 3 aromatic heterocycles. The van der Waals surface area contributed by atoms with E-state index in [4.69, 9.17) is 11.6 Å². The Labute approximate surface area is 156 Å². The molecule has 4 aromatic rings. The first-order valence-corrected chi connectivity index (χ1v) is 9.62. The van der Waals surface area contributed by atoms with Gasteiger partial charge in [0.15, 0.2) is 5.16 Å². The average Bonchev–Trinajstić information content (AvgIpc) is 3.06. The minimum absolute atomic E-state index is 0.161. The summed E-state index contributed by atoms with van der Waals surface area (Å²) in [4.78, 5) is 29.0. The molecule has 25 heavy (non-hydrogen) atoms. The van der Waals surface area contributed by atoms with E-state index in [0.29, 0.717) is 32.0 Å². The van der Waals surface area contributed by atoms with Gasteiger partial charge in [0.25, 0.3) is 5.56 Å².